The molecular weight excluding hydrogens is 167 g/mol. The number of hydrogen-bond donors (Lipinski definition) is 1. The predicted octanol–water partition coefficient (Wildman–Crippen LogP) is 1.53. The van der Waals surface area contributed by atoms with Gasteiger partial charge in [-0.25, -0.2) is 0 Å². The molecule has 3 heteroatoms. The molecule has 0 N–H and O–H groups in total. The van der Waals surface area contributed by atoms with Crippen molar-refractivity contribution in [2.24, 2.45) is 0 Å². The van der Waals surface area contributed by atoms with Crippen LogP contribution < -0.4 is 0 Å². The van der Waals surface area contributed by atoms with Gasteiger partial charge in [0.2, 0.25) is 0 Å². The van der Waals surface area contributed by atoms with Crippen LogP contribution in [0.2, 0.25) is 0 Å². The summed E-state index contributed by atoms with van der Waals surface area (Å²) in [6, 6.07) is 7.15. The monoisotopic (exact) mass is 176 g/mol. The van der Waals surface area contributed by atoms with E-state index in [1.807, 2.05) is 0 Å². The van der Waals surface area contributed by atoms with Gasteiger partial charge in [0.25, 0.3) is 0 Å². The third-order valence-corrected chi connectivity index (χ3v) is 1.57. The van der Waals surface area contributed by atoms with Gasteiger partial charge in [-0.2, -0.15) is 0 Å². The fourth-order valence-corrected chi connectivity index (χ4v) is 0.845. The average molecular weight is 176 g/mol. The normalized spacial score (nSPS) is 8.55. The maximum absolute atomic E-state index is 10.7. The third-order valence-electron chi connectivity index (χ3n) is 1.27. The molecule has 1 aromatic rings. The van der Waals surface area contributed by atoms with Crippen molar-refractivity contribution in [1.82, 2.24) is 0 Å². The first-order chi connectivity index (χ1) is 4.70. The van der Waals surface area contributed by atoms with Crippen LogP contribution >= 0.6 is 12.6 Å². The molecule has 54 valence electrons. The van der Waals surface area contributed by atoms with Gasteiger partial charge in [0, 0.05) is 10.5 Å². The number of rotatable bonds is 1. The Balaban J connectivity index is 0.000001000. The van der Waals surface area contributed by atoms with Crippen molar-refractivity contribution in [3.8, 4) is 0 Å². The molecule has 0 aromatic heterocycles. The zero-order chi connectivity index (χ0) is 7.56. The predicted molar refractivity (Wildman–Crippen MR) is 50.8 cm³/mol. The molecule has 0 bridgehead atoms. The van der Waals surface area contributed by atoms with Crippen LogP contribution in [0.15, 0.2) is 29.2 Å². The van der Waals surface area contributed by atoms with E-state index < -0.39 is 0 Å². The Kier molecular flexibility index (Phi) is 5.10. The van der Waals surface area contributed by atoms with Crippen molar-refractivity contribution in [2.45, 2.75) is 11.8 Å². The van der Waals surface area contributed by atoms with E-state index in [2.05, 4.69) is 12.6 Å². The molecular formula is C8H9NaOS. The van der Waals surface area contributed by atoms with Gasteiger partial charge < -0.3 is 0 Å². The van der Waals surface area contributed by atoms with Crippen LogP contribution in [0.4, 0.5) is 0 Å². The number of carbonyl (C=O) groups is 1. The molecule has 1 aromatic carbocycles. The molecule has 0 heterocycles. The summed E-state index contributed by atoms with van der Waals surface area (Å²) in [6.07, 6.45) is 0. The quantitative estimate of drug-likeness (QED) is 0.390. The van der Waals surface area contributed by atoms with Crippen LogP contribution in [0, 0.1) is 0 Å². The van der Waals surface area contributed by atoms with Gasteiger partial charge in [-0.05, 0) is 19.1 Å². The molecule has 1 nitrogen and oxygen atoms in total. The first-order valence-electron chi connectivity index (χ1n) is 3.00. The summed E-state index contributed by atoms with van der Waals surface area (Å²) >= 11 is 4.09. The second-order valence-electron chi connectivity index (χ2n) is 2.10. The second kappa shape index (κ2) is 4.99. The van der Waals surface area contributed by atoms with Crippen LogP contribution in [0.5, 0.6) is 0 Å². The molecule has 0 radical (unpaired) electrons. The van der Waals surface area contributed by atoms with Gasteiger partial charge in [-0.15, -0.1) is 12.6 Å². The minimum absolute atomic E-state index is 0. The summed E-state index contributed by atoms with van der Waals surface area (Å²) in [5.41, 5.74) is 0.734. The van der Waals surface area contributed by atoms with Gasteiger partial charge in [-0.3, -0.25) is 4.79 Å². The molecule has 0 aliphatic rings. The average Bonchev–Trinajstić information content (AvgIpc) is 1.88. The maximum atomic E-state index is 10.7. The Hall–Kier alpha value is 0.240. The summed E-state index contributed by atoms with van der Waals surface area (Å²) < 4.78 is 0. The van der Waals surface area contributed by atoms with E-state index in [4.69, 9.17) is 0 Å². The molecule has 0 unspecified atom stereocenters. The summed E-state index contributed by atoms with van der Waals surface area (Å²) in [6.45, 7) is 1.55. The van der Waals surface area contributed by atoms with E-state index in [1.54, 1.807) is 31.2 Å². The molecule has 0 saturated heterocycles. The molecule has 0 amide bonds. The molecule has 0 spiro atoms. The first kappa shape index (κ1) is 11.2. The van der Waals surface area contributed by atoms with Crippen molar-refractivity contribution in [3.05, 3.63) is 29.8 Å². The van der Waals surface area contributed by atoms with Crippen LogP contribution in [0.1, 0.15) is 17.3 Å². The van der Waals surface area contributed by atoms with Crippen molar-refractivity contribution in [2.75, 3.05) is 0 Å². The van der Waals surface area contributed by atoms with E-state index in [9.17, 15) is 4.79 Å². The van der Waals surface area contributed by atoms with Gasteiger partial charge in [-0.1, -0.05) is 12.1 Å². The van der Waals surface area contributed by atoms with Crippen molar-refractivity contribution >= 4 is 48.0 Å². The topological polar surface area (TPSA) is 17.1 Å². The van der Waals surface area contributed by atoms with E-state index >= 15 is 0 Å². The molecule has 11 heavy (non-hydrogen) atoms. The van der Waals surface area contributed by atoms with Gasteiger partial charge >= 0.3 is 29.6 Å². The van der Waals surface area contributed by atoms with E-state index in [0.29, 0.717) is 0 Å². The van der Waals surface area contributed by atoms with E-state index in [-0.39, 0.29) is 35.3 Å². The zero-order valence-corrected chi connectivity index (χ0v) is 6.56. The standard InChI is InChI=1S/C8H8OS.Na.H/c1-6(9)7-2-4-8(10)5-3-7;;/h2-5,10H,1H3;;. The van der Waals surface area contributed by atoms with Crippen molar-refractivity contribution in [1.29, 1.82) is 0 Å². The van der Waals surface area contributed by atoms with Crippen LogP contribution in [0.25, 0.3) is 0 Å². The fourth-order valence-electron chi connectivity index (χ4n) is 0.696. The molecule has 0 atom stereocenters. The minimum atomic E-state index is 0. The molecule has 1 rings (SSSR count). The number of thiol groups is 1. The van der Waals surface area contributed by atoms with E-state index in [0.717, 1.165) is 10.5 Å². The summed E-state index contributed by atoms with van der Waals surface area (Å²) in [7, 11) is 0. The van der Waals surface area contributed by atoms with Crippen LogP contribution in [0.3, 0.4) is 0 Å². The zero-order valence-electron chi connectivity index (χ0n) is 5.66. The van der Waals surface area contributed by atoms with Crippen molar-refractivity contribution in [3.63, 3.8) is 0 Å². The van der Waals surface area contributed by atoms with Gasteiger partial charge in [0.05, 0.1) is 0 Å². The number of benzene rings is 1. The molecule has 0 aliphatic carbocycles. The Morgan fingerprint density at radius 2 is 1.73 bits per heavy atom. The molecule has 0 fully saturated rings. The second-order valence-corrected chi connectivity index (χ2v) is 2.62. The van der Waals surface area contributed by atoms with Crippen LogP contribution in [-0.2, 0) is 0 Å². The first-order valence-corrected chi connectivity index (χ1v) is 3.45. The Bertz CT molecular complexity index is 243. The number of Topliss-reactive ketones (excluding diaryl/α,β-unsaturated/α-hetero) is 1. The van der Waals surface area contributed by atoms with Crippen molar-refractivity contribution < 1.29 is 4.79 Å². The van der Waals surface area contributed by atoms with E-state index in [1.165, 1.54) is 0 Å². The number of hydrogen-bond acceptors (Lipinski definition) is 2. The van der Waals surface area contributed by atoms with Gasteiger partial charge in [0.15, 0.2) is 5.78 Å². The SMILES string of the molecule is CC(=O)c1ccc(S)cc1.[NaH]. The van der Waals surface area contributed by atoms with Crippen LogP contribution in [-0.4, -0.2) is 35.3 Å². The Labute approximate surface area is 93.9 Å². The summed E-state index contributed by atoms with van der Waals surface area (Å²) in [5, 5.41) is 0. The third kappa shape index (κ3) is 3.43. The Morgan fingerprint density at radius 1 is 1.27 bits per heavy atom. The summed E-state index contributed by atoms with van der Waals surface area (Å²) in [4.78, 5) is 11.6. The summed E-state index contributed by atoms with van der Waals surface area (Å²) in [5.74, 6) is 0.0910. The Morgan fingerprint density at radius 3 is 2.09 bits per heavy atom. The number of ketones is 1. The molecule has 0 saturated carbocycles. The fraction of sp³-hybridized carbons (Fsp3) is 0.125. The molecule has 0 aliphatic heterocycles. The number of carbonyl (C=O) groups excluding carboxylic acids is 1. The van der Waals surface area contributed by atoms with Gasteiger partial charge in [0.1, 0.15) is 0 Å².